The minimum Gasteiger partial charge on any atom is -0.398 e. The maximum atomic E-state index is 12.4. The largest absolute Gasteiger partial charge is 0.398 e. The number of carbonyl (C=O) groups is 1. The molecule has 0 amide bonds. The standard InChI is InChI=1S/C14H16BrN3O/c1-8-10(5-4-6-11(8)16)13(19)7-12-14(15)9(2)17-18(12)3/h4-6H,7,16H2,1-3H3. The Morgan fingerprint density at radius 3 is 2.68 bits per heavy atom. The van der Waals surface area contributed by atoms with Crippen molar-refractivity contribution in [3.8, 4) is 0 Å². The predicted octanol–water partition coefficient (Wildman–Crippen LogP) is 2.81. The van der Waals surface area contributed by atoms with E-state index in [1.54, 1.807) is 16.8 Å². The van der Waals surface area contributed by atoms with E-state index in [0.29, 0.717) is 17.7 Å². The minimum atomic E-state index is 0.0495. The third-order valence-corrected chi connectivity index (χ3v) is 4.30. The van der Waals surface area contributed by atoms with Gasteiger partial charge in [-0.05, 0) is 41.4 Å². The predicted molar refractivity (Wildman–Crippen MR) is 79.3 cm³/mol. The number of aromatic nitrogens is 2. The van der Waals surface area contributed by atoms with Crippen LogP contribution in [0, 0.1) is 13.8 Å². The third-order valence-electron chi connectivity index (χ3n) is 3.27. The van der Waals surface area contributed by atoms with Gasteiger partial charge in [0, 0.05) is 18.3 Å². The van der Waals surface area contributed by atoms with Crippen molar-refractivity contribution in [2.24, 2.45) is 7.05 Å². The fourth-order valence-electron chi connectivity index (χ4n) is 2.08. The van der Waals surface area contributed by atoms with Crippen LogP contribution in [0.1, 0.15) is 27.3 Å². The van der Waals surface area contributed by atoms with Crippen LogP contribution in [-0.4, -0.2) is 15.6 Å². The molecule has 0 saturated carbocycles. The van der Waals surface area contributed by atoms with Crippen LogP contribution in [-0.2, 0) is 13.5 Å². The molecule has 0 saturated heterocycles. The Kier molecular flexibility index (Phi) is 3.75. The van der Waals surface area contributed by atoms with Gasteiger partial charge in [0.05, 0.1) is 22.3 Å². The molecule has 0 aliphatic rings. The number of anilines is 1. The van der Waals surface area contributed by atoms with Crippen molar-refractivity contribution >= 4 is 27.4 Å². The highest BCUT2D eigenvalue weighted by Gasteiger charge is 2.17. The lowest BCUT2D eigenvalue weighted by molar-refractivity contribution is 0.0990. The van der Waals surface area contributed by atoms with Crippen LogP contribution in [0.3, 0.4) is 0 Å². The van der Waals surface area contributed by atoms with E-state index < -0.39 is 0 Å². The highest BCUT2D eigenvalue weighted by molar-refractivity contribution is 9.10. The molecule has 0 radical (unpaired) electrons. The summed E-state index contributed by atoms with van der Waals surface area (Å²) in [6.45, 7) is 3.77. The van der Waals surface area contributed by atoms with Gasteiger partial charge in [0.15, 0.2) is 5.78 Å². The first-order valence-electron chi connectivity index (χ1n) is 5.98. The monoisotopic (exact) mass is 321 g/mol. The Balaban J connectivity index is 2.34. The molecule has 100 valence electrons. The van der Waals surface area contributed by atoms with Gasteiger partial charge >= 0.3 is 0 Å². The number of aryl methyl sites for hydroxylation is 2. The number of rotatable bonds is 3. The van der Waals surface area contributed by atoms with Crippen LogP contribution < -0.4 is 5.73 Å². The molecule has 0 atom stereocenters. The Morgan fingerprint density at radius 2 is 2.11 bits per heavy atom. The summed E-state index contributed by atoms with van der Waals surface area (Å²) >= 11 is 3.47. The summed E-state index contributed by atoms with van der Waals surface area (Å²) < 4.78 is 2.63. The normalized spacial score (nSPS) is 10.7. The second-order valence-corrected chi connectivity index (χ2v) is 5.38. The lowest BCUT2D eigenvalue weighted by Crippen LogP contribution is -2.10. The fourth-order valence-corrected chi connectivity index (χ4v) is 2.55. The first kappa shape index (κ1) is 13.8. The Hall–Kier alpha value is -1.62. The summed E-state index contributed by atoms with van der Waals surface area (Å²) in [5, 5.41) is 4.29. The molecule has 0 aliphatic carbocycles. The van der Waals surface area contributed by atoms with E-state index in [1.165, 1.54) is 0 Å². The minimum absolute atomic E-state index is 0.0495. The number of hydrogen-bond acceptors (Lipinski definition) is 3. The lowest BCUT2D eigenvalue weighted by atomic mass is 10.00. The van der Waals surface area contributed by atoms with E-state index in [9.17, 15) is 4.79 Å². The zero-order valence-electron chi connectivity index (χ0n) is 11.2. The summed E-state index contributed by atoms with van der Waals surface area (Å²) in [5.41, 5.74) is 9.75. The number of benzene rings is 1. The number of Topliss-reactive ketones (excluding diaryl/α,β-unsaturated/α-hetero) is 1. The van der Waals surface area contributed by atoms with Crippen molar-refractivity contribution in [2.45, 2.75) is 20.3 Å². The average molecular weight is 322 g/mol. The topological polar surface area (TPSA) is 60.9 Å². The lowest BCUT2D eigenvalue weighted by Gasteiger charge is -2.08. The molecular formula is C14H16BrN3O. The molecule has 2 rings (SSSR count). The molecule has 5 heteroatoms. The summed E-state index contributed by atoms with van der Waals surface area (Å²) in [6.07, 6.45) is 0.308. The number of nitrogens with two attached hydrogens (primary N) is 1. The molecular weight excluding hydrogens is 306 g/mol. The first-order valence-corrected chi connectivity index (χ1v) is 6.77. The number of nitrogen functional groups attached to an aromatic ring is 1. The maximum absolute atomic E-state index is 12.4. The molecule has 0 unspecified atom stereocenters. The highest BCUT2D eigenvalue weighted by Crippen LogP contribution is 2.23. The van der Waals surface area contributed by atoms with Crippen molar-refractivity contribution < 1.29 is 4.79 Å². The van der Waals surface area contributed by atoms with Crippen LogP contribution in [0.5, 0.6) is 0 Å². The third kappa shape index (κ3) is 2.56. The van der Waals surface area contributed by atoms with E-state index in [-0.39, 0.29) is 5.78 Å². The average Bonchev–Trinajstić information content (AvgIpc) is 2.59. The van der Waals surface area contributed by atoms with Gasteiger partial charge in [0.2, 0.25) is 0 Å². The molecule has 2 N–H and O–H groups in total. The van der Waals surface area contributed by atoms with E-state index in [4.69, 9.17) is 5.73 Å². The molecule has 19 heavy (non-hydrogen) atoms. The second kappa shape index (κ2) is 5.17. The van der Waals surface area contributed by atoms with Gasteiger partial charge in [-0.2, -0.15) is 5.10 Å². The quantitative estimate of drug-likeness (QED) is 0.698. The van der Waals surface area contributed by atoms with E-state index in [1.807, 2.05) is 27.0 Å². The van der Waals surface area contributed by atoms with Crippen LogP contribution >= 0.6 is 15.9 Å². The summed E-state index contributed by atoms with van der Waals surface area (Å²) in [5.74, 6) is 0.0495. The Morgan fingerprint density at radius 1 is 1.42 bits per heavy atom. The van der Waals surface area contributed by atoms with Crippen LogP contribution in [0.25, 0.3) is 0 Å². The zero-order valence-corrected chi connectivity index (χ0v) is 12.8. The van der Waals surface area contributed by atoms with E-state index in [0.717, 1.165) is 21.4 Å². The molecule has 4 nitrogen and oxygen atoms in total. The van der Waals surface area contributed by atoms with Crippen molar-refractivity contribution in [2.75, 3.05) is 5.73 Å². The van der Waals surface area contributed by atoms with Gasteiger partial charge in [-0.3, -0.25) is 9.48 Å². The van der Waals surface area contributed by atoms with Crippen LogP contribution in [0.2, 0.25) is 0 Å². The van der Waals surface area contributed by atoms with Crippen LogP contribution in [0.15, 0.2) is 22.7 Å². The summed E-state index contributed by atoms with van der Waals surface area (Å²) in [6, 6.07) is 5.42. The van der Waals surface area contributed by atoms with Crippen molar-refractivity contribution in [1.82, 2.24) is 9.78 Å². The molecule has 1 aromatic heterocycles. The zero-order chi connectivity index (χ0) is 14.2. The second-order valence-electron chi connectivity index (χ2n) is 4.59. The number of ketones is 1. The highest BCUT2D eigenvalue weighted by atomic mass is 79.9. The van der Waals surface area contributed by atoms with Gasteiger partial charge in [-0.1, -0.05) is 12.1 Å². The number of hydrogen-bond donors (Lipinski definition) is 1. The first-order chi connectivity index (χ1) is 8.91. The summed E-state index contributed by atoms with van der Waals surface area (Å²) in [7, 11) is 1.84. The molecule has 1 heterocycles. The SMILES string of the molecule is Cc1nn(C)c(CC(=O)c2cccc(N)c2C)c1Br. The fraction of sp³-hybridized carbons (Fsp3) is 0.286. The van der Waals surface area contributed by atoms with Gasteiger partial charge in [-0.25, -0.2) is 0 Å². The molecule has 0 spiro atoms. The van der Waals surface area contributed by atoms with E-state index >= 15 is 0 Å². The number of carbonyl (C=O) groups excluding carboxylic acids is 1. The van der Waals surface area contributed by atoms with Gasteiger partial charge < -0.3 is 5.73 Å². The van der Waals surface area contributed by atoms with Gasteiger partial charge in [0.1, 0.15) is 0 Å². The Bertz CT molecular complexity index is 646. The molecule has 0 bridgehead atoms. The number of halogens is 1. The van der Waals surface area contributed by atoms with Crippen molar-refractivity contribution in [3.05, 3.63) is 45.2 Å². The number of nitrogens with zero attached hydrogens (tertiary/aromatic N) is 2. The van der Waals surface area contributed by atoms with Crippen molar-refractivity contribution in [1.29, 1.82) is 0 Å². The Labute approximate surface area is 120 Å². The molecule has 2 aromatic rings. The van der Waals surface area contributed by atoms with E-state index in [2.05, 4.69) is 21.0 Å². The maximum Gasteiger partial charge on any atom is 0.169 e. The van der Waals surface area contributed by atoms with Gasteiger partial charge in [-0.15, -0.1) is 0 Å². The smallest absolute Gasteiger partial charge is 0.169 e. The van der Waals surface area contributed by atoms with Gasteiger partial charge in [0.25, 0.3) is 0 Å². The molecule has 0 fully saturated rings. The molecule has 1 aromatic carbocycles. The van der Waals surface area contributed by atoms with Crippen LogP contribution in [0.4, 0.5) is 5.69 Å². The van der Waals surface area contributed by atoms with Crippen molar-refractivity contribution in [3.63, 3.8) is 0 Å². The summed E-state index contributed by atoms with van der Waals surface area (Å²) in [4.78, 5) is 12.4. The molecule has 0 aliphatic heterocycles.